The topological polar surface area (TPSA) is 43.4 Å². The molecule has 1 rings (SSSR count). The average molecular weight is 321 g/mol. The van der Waals surface area contributed by atoms with E-state index >= 15 is 0 Å². The lowest BCUT2D eigenvalue weighted by molar-refractivity contribution is 0.203. The Morgan fingerprint density at radius 3 is 2.18 bits per heavy atom. The van der Waals surface area contributed by atoms with Crippen molar-refractivity contribution in [1.29, 1.82) is 0 Å². The van der Waals surface area contributed by atoms with Crippen molar-refractivity contribution in [2.45, 2.75) is 18.7 Å². The summed E-state index contributed by atoms with van der Waals surface area (Å²) in [6.07, 6.45) is 1.19. The number of halogens is 1. The van der Waals surface area contributed by atoms with Crippen molar-refractivity contribution in [2.75, 3.05) is 18.2 Å². The number of sulfone groups is 1. The predicted molar refractivity (Wildman–Crippen MR) is 72.6 cm³/mol. The van der Waals surface area contributed by atoms with E-state index in [0.29, 0.717) is 17.3 Å². The molecule has 0 bridgehead atoms. The second-order valence-corrected chi connectivity index (χ2v) is 7.41. The summed E-state index contributed by atoms with van der Waals surface area (Å²) in [5.74, 6) is 0.687. The summed E-state index contributed by atoms with van der Waals surface area (Å²) >= 11 is 3.42. The molecule has 96 valence electrons. The third-order valence-electron chi connectivity index (χ3n) is 2.24. The fourth-order valence-corrected chi connectivity index (χ4v) is 1.89. The first-order valence-electron chi connectivity index (χ1n) is 5.23. The van der Waals surface area contributed by atoms with Gasteiger partial charge in [-0.25, -0.2) is 8.42 Å². The lowest BCUT2D eigenvalue weighted by atomic mass is 9.98. The highest BCUT2D eigenvalue weighted by Crippen LogP contribution is 2.21. The highest BCUT2D eigenvalue weighted by Gasteiger charge is 2.17. The van der Waals surface area contributed by atoms with Crippen molar-refractivity contribution in [3.63, 3.8) is 0 Å². The number of ether oxygens (including phenoxy) is 1. The van der Waals surface area contributed by atoms with Crippen molar-refractivity contribution in [1.82, 2.24) is 0 Å². The molecule has 0 unspecified atom stereocenters. The van der Waals surface area contributed by atoms with Crippen LogP contribution in [0.2, 0.25) is 0 Å². The molecule has 0 atom stereocenters. The lowest BCUT2D eigenvalue weighted by Crippen LogP contribution is -2.22. The molecule has 0 spiro atoms. The van der Waals surface area contributed by atoms with Crippen LogP contribution in [-0.2, 0) is 9.84 Å². The van der Waals surface area contributed by atoms with Gasteiger partial charge in [-0.05, 0) is 24.3 Å². The quantitative estimate of drug-likeness (QED) is 0.783. The van der Waals surface area contributed by atoms with Crippen LogP contribution in [-0.4, -0.2) is 26.6 Å². The molecule has 17 heavy (non-hydrogen) atoms. The van der Waals surface area contributed by atoms with Crippen LogP contribution in [0, 0.1) is 5.41 Å². The van der Waals surface area contributed by atoms with E-state index in [9.17, 15) is 8.42 Å². The minimum absolute atomic E-state index is 0.0511. The molecule has 0 aliphatic heterocycles. The number of benzene rings is 1. The van der Waals surface area contributed by atoms with Crippen molar-refractivity contribution < 1.29 is 13.2 Å². The number of hydrogen-bond acceptors (Lipinski definition) is 3. The molecule has 0 saturated heterocycles. The minimum atomic E-state index is -3.13. The van der Waals surface area contributed by atoms with Crippen LogP contribution >= 0.6 is 15.9 Å². The zero-order valence-corrected chi connectivity index (χ0v) is 12.6. The Kier molecular flexibility index (Phi) is 4.61. The van der Waals surface area contributed by atoms with Crippen molar-refractivity contribution in [3.8, 4) is 5.75 Å². The molecular formula is C12H17BrO3S. The van der Waals surface area contributed by atoms with E-state index in [1.807, 2.05) is 0 Å². The maximum Gasteiger partial charge on any atom is 0.175 e. The Bertz CT molecular complexity index is 463. The molecule has 1 aromatic carbocycles. The van der Waals surface area contributed by atoms with E-state index in [-0.39, 0.29) is 5.41 Å². The van der Waals surface area contributed by atoms with Gasteiger partial charge in [-0.15, -0.1) is 0 Å². The fraction of sp³-hybridized carbons (Fsp3) is 0.500. The molecule has 5 heteroatoms. The Hall–Kier alpha value is -0.550. The molecule has 0 radical (unpaired) electrons. The van der Waals surface area contributed by atoms with Crippen LogP contribution in [0.15, 0.2) is 29.2 Å². The lowest BCUT2D eigenvalue weighted by Gasteiger charge is -2.21. The molecule has 0 heterocycles. The van der Waals surface area contributed by atoms with Crippen LogP contribution in [0.1, 0.15) is 13.8 Å². The van der Waals surface area contributed by atoms with Gasteiger partial charge in [0.1, 0.15) is 5.75 Å². The molecule has 0 aliphatic carbocycles. The van der Waals surface area contributed by atoms with Crippen molar-refractivity contribution >= 4 is 25.8 Å². The Morgan fingerprint density at radius 1 is 1.24 bits per heavy atom. The summed E-state index contributed by atoms with van der Waals surface area (Å²) in [6, 6.07) is 6.49. The highest BCUT2D eigenvalue weighted by atomic mass is 79.9. The molecular weight excluding hydrogens is 304 g/mol. The molecule has 3 nitrogen and oxygen atoms in total. The smallest absolute Gasteiger partial charge is 0.175 e. The Labute approximate surface area is 111 Å². The molecule has 0 fully saturated rings. The predicted octanol–water partition coefficient (Wildman–Crippen LogP) is 2.89. The molecule has 0 N–H and O–H groups in total. The largest absolute Gasteiger partial charge is 0.493 e. The van der Waals surface area contributed by atoms with Crippen LogP contribution < -0.4 is 4.74 Å². The summed E-state index contributed by atoms with van der Waals surface area (Å²) in [7, 11) is -3.13. The molecule has 0 saturated carbocycles. The molecule has 0 aliphatic rings. The zero-order valence-electron chi connectivity index (χ0n) is 10.2. The van der Waals surface area contributed by atoms with Crippen LogP contribution in [0.3, 0.4) is 0 Å². The van der Waals surface area contributed by atoms with Gasteiger partial charge in [0.15, 0.2) is 9.84 Å². The van der Waals surface area contributed by atoms with Gasteiger partial charge < -0.3 is 4.74 Å². The summed E-state index contributed by atoms with van der Waals surface area (Å²) in [5.41, 5.74) is 0.0511. The summed E-state index contributed by atoms with van der Waals surface area (Å²) in [5, 5.41) is 0.849. The summed E-state index contributed by atoms with van der Waals surface area (Å²) in [4.78, 5) is 0.310. The molecule has 0 aromatic heterocycles. The third kappa shape index (κ3) is 4.68. The van der Waals surface area contributed by atoms with Gasteiger partial charge in [0.25, 0.3) is 0 Å². The van der Waals surface area contributed by atoms with E-state index in [1.54, 1.807) is 24.3 Å². The first-order valence-corrected chi connectivity index (χ1v) is 8.25. The van der Waals surface area contributed by atoms with Gasteiger partial charge in [0.2, 0.25) is 0 Å². The van der Waals surface area contributed by atoms with E-state index in [4.69, 9.17) is 4.74 Å². The van der Waals surface area contributed by atoms with E-state index in [2.05, 4.69) is 29.8 Å². The second-order valence-electron chi connectivity index (χ2n) is 4.83. The molecule has 0 amide bonds. The summed E-state index contributed by atoms with van der Waals surface area (Å²) < 4.78 is 28.1. The van der Waals surface area contributed by atoms with Crippen LogP contribution in [0.5, 0.6) is 5.75 Å². The van der Waals surface area contributed by atoms with E-state index in [1.165, 1.54) is 6.26 Å². The van der Waals surface area contributed by atoms with Crippen LogP contribution in [0.4, 0.5) is 0 Å². The fourth-order valence-electron chi connectivity index (χ4n) is 1.10. The Morgan fingerprint density at radius 2 is 1.76 bits per heavy atom. The third-order valence-corrected chi connectivity index (χ3v) is 4.89. The van der Waals surface area contributed by atoms with Crippen molar-refractivity contribution in [3.05, 3.63) is 24.3 Å². The minimum Gasteiger partial charge on any atom is -0.493 e. The van der Waals surface area contributed by atoms with Gasteiger partial charge in [0, 0.05) is 17.0 Å². The number of alkyl halides is 1. The van der Waals surface area contributed by atoms with Gasteiger partial charge in [0.05, 0.1) is 11.5 Å². The van der Waals surface area contributed by atoms with Gasteiger partial charge in [-0.3, -0.25) is 0 Å². The van der Waals surface area contributed by atoms with E-state index in [0.717, 1.165) is 5.33 Å². The van der Waals surface area contributed by atoms with Gasteiger partial charge >= 0.3 is 0 Å². The van der Waals surface area contributed by atoms with Crippen molar-refractivity contribution in [2.24, 2.45) is 5.41 Å². The standard InChI is InChI=1S/C12H17BrO3S/c1-12(2,8-13)9-16-10-4-6-11(7-5-10)17(3,14)15/h4-7H,8-9H2,1-3H3. The number of hydrogen-bond donors (Lipinski definition) is 0. The summed E-state index contributed by atoms with van der Waals surface area (Å²) in [6.45, 7) is 4.76. The maximum atomic E-state index is 11.3. The monoisotopic (exact) mass is 320 g/mol. The normalized spacial score (nSPS) is 12.5. The van der Waals surface area contributed by atoms with Crippen LogP contribution in [0.25, 0.3) is 0 Å². The first-order chi connectivity index (χ1) is 7.74. The maximum absolute atomic E-state index is 11.3. The molecule has 1 aromatic rings. The Balaban J connectivity index is 2.70. The average Bonchev–Trinajstić information content (AvgIpc) is 2.26. The van der Waals surface area contributed by atoms with Gasteiger partial charge in [-0.2, -0.15) is 0 Å². The van der Waals surface area contributed by atoms with Gasteiger partial charge in [-0.1, -0.05) is 29.8 Å². The SMILES string of the molecule is CC(C)(CBr)COc1ccc(S(C)(=O)=O)cc1. The van der Waals surface area contributed by atoms with E-state index < -0.39 is 9.84 Å². The highest BCUT2D eigenvalue weighted by molar-refractivity contribution is 9.09. The second kappa shape index (κ2) is 5.40. The number of rotatable bonds is 5. The zero-order chi connectivity index (χ0) is 13.1. The first kappa shape index (κ1) is 14.5.